The minimum absolute atomic E-state index is 0.454. The summed E-state index contributed by atoms with van der Waals surface area (Å²) >= 11 is 5.61. The number of halogens is 1. The molecule has 14 heavy (non-hydrogen) atoms. The number of hydrogen-bond acceptors (Lipinski definition) is 2. The van der Waals surface area contributed by atoms with E-state index in [1.54, 1.807) is 0 Å². The van der Waals surface area contributed by atoms with Crippen molar-refractivity contribution in [3.8, 4) is 0 Å². The number of likely N-dealkylation sites (tertiary alicyclic amines) is 1. The van der Waals surface area contributed by atoms with Crippen LogP contribution in [0.3, 0.4) is 0 Å². The van der Waals surface area contributed by atoms with Gasteiger partial charge in [-0.1, -0.05) is 6.42 Å². The second-order valence-electron chi connectivity index (χ2n) is 4.63. The summed E-state index contributed by atoms with van der Waals surface area (Å²) in [6, 6.07) is 0. The molecular weight excluding hydrogens is 198 g/mol. The SMILES string of the molecule is CC1(O)CCCN(CCCCCCl)C1. The molecule has 0 spiro atoms. The number of unbranched alkanes of at least 4 members (excludes halogenated alkanes) is 2. The third-order valence-electron chi connectivity index (χ3n) is 2.86. The molecule has 0 saturated carbocycles. The first-order chi connectivity index (χ1) is 6.64. The van der Waals surface area contributed by atoms with Crippen molar-refractivity contribution in [3.05, 3.63) is 0 Å². The Morgan fingerprint density at radius 1 is 1.36 bits per heavy atom. The Hall–Kier alpha value is 0.210. The number of piperidine rings is 1. The van der Waals surface area contributed by atoms with Crippen LogP contribution in [0, 0.1) is 0 Å². The lowest BCUT2D eigenvalue weighted by Crippen LogP contribution is -2.46. The Bertz CT molecular complexity index is 161. The van der Waals surface area contributed by atoms with Gasteiger partial charge in [0.1, 0.15) is 0 Å². The number of rotatable bonds is 5. The zero-order valence-electron chi connectivity index (χ0n) is 9.14. The van der Waals surface area contributed by atoms with Gasteiger partial charge in [0.2, 0.25) is 0 Å². The van der Waals surface area contributed by atoms with E-state index < -0.39 is 5.60 Å². The average Bonchev–Trinajstić information content (AvgIpc) is 2.11. The molecule has 0 amide bonds. The van der Waals surface area contributed by atoms with Gasteiger partial charge in [-0.15, -0.1) is 11.6 Å². The molecule has 1 aliphatic heterocycles. The van der Waals surface area contributed by atoms with Crippen LogP contribution in [-0.2, 0) is 0 Å². The molecule has 0 aliphatic carbocycles. The van der Waals surface area contributed by atoms with Gasteiger partial charge in [-0.05, 0) is 45.7 Å². The topological polar surface area (TPSA) is 23.5 Å². The summed E-state index contributed by atoms with van der Waals surface area (Å²) in [4.78, 5) is 2.37. The van der Waals surface area contributed by atoms with Crippen LogP contribution in [0.5, 0.6) is 0 Å². The number of alkyl halides is 1. The molecule has 3 heteroatoms. The molecule has 1 heterocycles. The van der Waals surface area contributed by atoms with Gasteiger partial charge in [0.05, 0.1) is 5.60 Å². The fourth-order valence-electron chi connectivity index (χ4n) is 2.12. The maximum Gasteiger partial charge on any atom is 0.0746 e. The van der Waals surface area contributed by atoms with Crippen LogP contribution in [-0.4, -0.2) is 41.1 Å². The molecule has 0 aromatic rings. The van der Waals surface area contributed by atoms with Crippen molar-refractivity contribution in [3.63, 3.8) is 0 Å². The lowest BCUT2D eigenvalue weighted by molar-refractivity contribution is -0.0157. The van der Waals surface area contributed by atoms with E-state index in [1.807, 2.05) is 6.92 Å². The smallest absolute Gasteiger partial charge is 0.0746 e. The van der Waals surface area contributed by atoms with E-state index in [9.17, 15) is 5.11 Å². The maximum atomic E-state index is 9.88. The van der Waals surface area contributed by atoms with Gasteiger partial charge in [0.15, 0.2) is 0 Å². The van der Waals surface area contributed by atoms with E-state index in [4.69, 9.17) is 11.6 Å². The zero-order chi connectivity index (χ0) is 10.4. The van der Waals surface area contributed by atoms with E-state index in [1.165, 1.54) is 12.8 Å². The third kappa shape index (κ3) is 4.63. The summed E-state index contributed by atoms with van der Waals surface area (Å²) in [7, 11) is 0. The monoisotopic (exact) mass is 219 g/mol. The molecule has 1 N–H and O–H groups in total. The molecular formula is C11H22ClNO. The van der Waals surface area contributed by atoms with E-state index in [-0.39, 0.29) is 0 Å². The molecule has 1 saturated heterocycles. The van der Waals surface area contributed by atoms with E-state index in [0.717, 1.165) is 44.8 Å². The molecule has 84 valence electrons. The van der Waals surface area contributed by atoms with E-state index in [2.05, 4.69) is 4.90 Å². The molecule has 0 aromatic heterocycles. The first-order valence-corrected chi connectivity index (χ1v) is 6.18. The fraction of sp³-hybridized carbons (Fsp3) is 1.00. The van der Waals surface area contributed by atoms with Crippen LogP contribution in [0.1, 0.15) is 39.0 Å². The normalized spacial score (nSPS) is 29.4. The molecule has 1 unspecified atom stereocenters. The Morgan fingerprint density at radius 2 is 2.14 bits per heavy atom. The Labute approximate surface area is 92.2 Å². The van der Waals surface area contributed by atoms with Crippen molar-refractivity contribution in [2.45, 2.75) is 44.6 Å². The quantitative estimate of drug-likeness (QED) is 0.567. The van der Waals surface area contributed by atoms with Crippen molar-refractivity contribution in [2.75, 3.05) is 25.5 Å². The zero-order valence-corrected chi connectivity index (χ0v) is 9.89. The summed E-state index contributed by atoms with van der Waals surface area (Å²) < 4.78 is 0. The standard InChI is InChI=1S/C11H22ClNO/c1-11(14)6-5-9-13(10-11)8-4-2-3-7-12/h14H,2-10H2,1H3. The molecule has 1 aliphatic rings. The first kappa shape index (κ1) is 12.3. The van der Waals surface area contributed by atoms with Gasteiger partial charge < -0.3 is 10.0 Å². The number of hydrogen-bond donors (Lipinski definition) is 1. The van der Waals surface area contributed by atoms with Crippen LogP contribution in [0.4, 0.5) is 0 Å². The van der Waals surface area contributed by atoms with Crippen molar-refractivity contribution in [1.29, 1.82) is 0 Å². The number of aliphatic hydroxyl groups is 1. The highest BCUT2D eigenvalue weighted by atomic mass is 35.5. The molecule has 0 aromatic carbocycles. The Morgan fingerprint density at radius 3 is 2.79 bits per heavy atom. The van der Waals surface area contributed by atoms with Gasteiger partial charge in [0.25, 0.3) is 0 Å². The first-order valence-electron chi connectivity index (χ1n) is 5.65. The van der Waals surface area contributed by atoms with Crippen LogP contribution >= 0.6 is 11.6 Å². The minimum Gasteiger partial charge on any atom is -0.389 e. The van der Waals surface area contributed by atoms with Gasteiger partial charge in [0, 0.05) is 12.4 Å². The van der Waals surface area contributed by atoms with Crippen LogP contribution < -0.4 is 0 Å². The summed E-state index contributed by atoms with van der Waals surface area (Å²) in [6.07, 6.45) is 5.62. The molecule has 2 nitrogen and oxygen atoms in total. The maximum absolute atomic E-state index is 9.88. The molecule has 1 fully saturated rings. The summed E-state index contributed by atoms with van der Waals surface area (Å²) in [5.74, 6) is 0.776. The number of nitrogens with zero attached hydrogens (tertiary/aromatic N) is 1. The second kappa shape index (κ2) is 5.94. The number of β-amino-alcohol motifs (C(OH)–C–C–N with tert-alkyl or cyclic N) is 1. The third-order valence-corrected chi connectivity index (χ3v) is 3.13. The predicted octanol–water partition coefficient (Wildman–Crippen LogP) is 2.24. The lowest BCUT2D eigenvalue weighted by Gasteiger charge is -2.36. The van der Waals surface area contributed by atoms with Crippen LogP contribution in [0.2, 0.25) is 0 Å². The fourth-order valence-corrected chi connectivity index (χ4v) is 2.31. The Kier molecular flexibility index (Phi) is 5.21. The van der Waals surface area contributed by atoms with Crippen molar-refractivity contribution in [2.24, 2.45) is 0 Å². The van der Waals surface area contributed by atoms with E-state index in [0.29, 0.717) is 0 Å². The Balaban J connectivity index is 2.12. The summed E-state index contributed by atoms with van der Waals surface area (Å²) in [5, 5.41) is 9.88. The van der Waals surface area contributed by atoms with E-state index >= 15 is 0 Å². The lowest BCUT2D eigenvalue weighted by atomic mass is 9.95. The molecule has 1 rings (SSSR count). The summed E-state index contributed by atoms with van der Waals surface area (Å²) in [5.41, 5.74) is -0.454. The predicted molar refractivity (Wildman–Crippen MR) is 60.9 cm³/mol. The second-order valence-corrected chi connectivity index (χ2v) is 5.00. The van der Waals surface area contributed by atoms with Gasteiger partial charge in [-0.3, -0.25) is 0 Å². The molecule has 0 bridgehead atoms. The van der Waals surface area contributed by atoms with Crippen molar-refractivity contribution < 1.29 is 5.11 Å². The van der Waals surface area contributed by atoms with Gasteiger partial charge in [-0.25, -0.2) is 0 Å². The molecule has 0 radical (unpaired) electrons. The van der Waals surface area contributed by atoms with Crippen molar-refractivity contribution >= 4 is 11.6 Å². The van der Waals surface area contributed by atoms with Crippen LogP contribution in [0.25, 0.3) is 0 Å². The highest BCUT2D eigenvalue weighted by Crippen LogP contribution is 2.20. The largest absolute Gasteiger partial charge is 0.389 e. The summed E-state index contributed by atoms with van der Waals surface area (Å²) in [6.45, 7) is 5.05. The molecule has 1 atom stereocenters. The van der Waals surface area contributed by atoms with Crippen LogP contribution in [0.15, 0.2) is 0 Å². The minimum atomic E-state index is -0.454. The van der Waals surface area contributed by atoms with Gasteiger partial charge >= 0.3 is 0 Å². The van der Waals surface area contributed by atoms with Gasteiger partial charge in [-0.2, -0.15) is 0 Å². The highest BCUT2D eigenvalue weighted by Gasteiger charge is 2.27. The average molecular weight is 220 g/mol. The van der Waals surface area contributed by atoms with Crippen molar-refractivity contribution in [1.82, 2.24) is 4.90 Å². The highest BCUT2D eigenvalue weighted by molar-refractivity contribution is 6.17.